The van der Waals surface area contributed by atoms with Crippen LogP contribution in [0.4, 0.5) is 4.39 Å². The molecule has 0 bridgehead atoms. The van der Waals surface area contributed by atoms with Crippen molar-refractivity contribution in [1.82, 2.24) is 5.32 Å². The fraction of sp³-hybridized carbons (Fsp3) is 0.455. The van der Waals surface area contributed by atoms with Crippen molar-refractivity contribution in [3.8, 4) is 0 Å². The van der Waals surface area contributed by atoms with Gasteiger partial charge in [0.25, 0.3) is 0 Å². The van der Waals surface area contributed by atoms with Crippen LogP contribution >= 0.6 is 23.2 Å². The average molecular weight is 250 g/mol. The highest BCUT2D eigenvalue weighted by Gasteiger charge is 2.14. The smallest absolute Gasteiger partial charge is 0.126 e. The number of benzene rings is 1. The summed E-state index contributed by atoms with van der Waals surface area (Å²) in [6.45, 7) is 1.70. The maximum absolute atomic E-state index is 13.4. The Morgan fingerprint density at radius 3 is 2.67 bits per heavy atom. The first-order chi connectivity index (χ1) is 7.10. The topological polar surface area (TPSA) is 12.0 Å². The molecular formula is C11H14Cl2FN. The van der Waals surface area contributed by atoms with Crippen LogP contribution in [0.1, 0.15) is 23.6 Å². The van der Waals surface area contributed by atoms with E-state index in [-0.39, 0.29) is 11.9 Å². The lowest BCUT2D eigenvalue weighted by Gasteiger charge is -2.17. The van der Waals surface area contributed by atoms with E-state index in [1.807, 2.05) is 7.05 Å². The number of halogens is 3. The predicted octanol–water partition coefficient (Wildman–Crippen LogP) is 3.68. The molecule has 1 N–H and O–H groups in total. The first-order valence-electron chi connectivity index (χ1n) is 4.79. The SMILES string of the molecule is CNC(CCCl)c1cc(F)c(C)cc1Cl. The van der Waals surface area contributed by atoms with Crippen molar-refractivity contribution in [2.75, 3.05) is 12.9 Å². The lowest BCUT2D eigenvalue weighted by molar-refractivity contribution is 0.566. The van der Waals surface area contributed by atoms with Gasteiger partial charge in [-0.2, -0.15) is 0 Å². The molecular weight excluding hydrogens is 236 g/mol. The van der Waals surface area contributed by atoms with Crippen molar-refractivity contribution in [3.63, 3.8) is 0 Å². The molecule has 0 aliphatic rings. The van der Waals surface area contributed by atoms with Crippen LogP contribution in [-0.4, -0.2) is 12.9 Å². The van der Waals surface area contributed by atoms with Crippen molar-refractivity contribution in [2.45, 2.75) is 19.4 Å². The van der Waals surface area contributed by atoms with Gasteiger partial charge in [-0.15, -0.1) is 11.6 Å². The number of alkyl halides is 1. The van der Waals surface area contributed by atoms with E-state index in [9.17, 15) is 4.39 Å². The van der Waals surface area contributed by atoms with E-state index in [4.69, 9.17) is 23.2 Å². The van der Waals surface area contributed by atoms with Crippen LogP contribution in [0.25, 0.3) is 0 Å². The first-order valence-corrected chi connectivity index (χ1v) is 5.70. The third kappa shape index (κ3) is 3.07. The molecule has 0 aromatic heterocycles. The molecule has 0 saturated heterocycles. The van der Waals surface area contributed by atoms with Gasteiger partial charge < -0.3 is 5.32 Å². The molecule has 0 amide bonds. The molecule has 0 saturated carbocycles. The third-order valence-corrected chi connectivity index (χ3v) is 2.95. The summed E-state index contributed by atoms with van der Waals surface area (Å²) in [7, 11) is 1.81. The van der Waals surface area contributed by atoms with E-state index in [1.165, 1.54) is 6.07 Å². The Labute approximate surface area is 99.6 Å². The second-order valence-electron chi connectivity index (χ2n) is 3.44. The van der Waals surface area contributed by atoms with Crippen molar-refractivity contribution < 1.29 is 4.39 Å². The highest BCUT2D eigenvalue weighted by atomic mass is 35.5. The molecule has 1 nitrogen and oxygen atoms in total. The van der Waals surface area contributed by atoms with Gasteiger partial charge >= 0.3 is 0 Å². The van der Waals surface area contributed by atoms with Gasteiger partial charge in [-0.1, -0.05) is 11.6 Å². The summed E-state index contributed by atoms with van der Waals surface area (Å²) in [6.07, 6.45) is 0.722. The zero-order valence-corrected chi connectivity index (χ0v) is 10.3. The summed E-state index contributed by atoms with van der Waals surface area (Å²) in [5.41, 5.74) is 1.33. The van der Waals surface area contributed by atoms with Crippen molar-refractivity contribution in [3.05, 3.63) is 34.1 Å². The van der Waals surface area contributed by atoms with Gasteiger partial charge in [0.2, 0.25) is 0 Å². The Balaban J connectivity index is 3.06. The molecule has 15 heavy (non-hydrogen) atoms. The lowest BCUT2D eigenvalue weighted by Crippen LogP contribution is -2.17. The van der Waals surface area contributed by atoms with Gasteiger partial charge in [-0.3, -0.25) is 0 Å². The maximum atomic E-state index is 13.4. The van der Waals surface area contributed by atoms with Crippen LogP contribution in [-0.2, 0) is 0 Å². The largest absolute Gasteiger partial charge is 0.313 e. The van der Waals surface area contributed by atoms with Crippen LogP contribution in [0, 0.1) is 12.7 Å². The summed E-state index contributed by atoms with van der Waals surface area (Å²) in [4.78, 5) is 0. The van der Waals surface area contributed by atoms with E-state index in [0.29, 0.717) is 16.5 Å². The fourth-order valence-electron chi connectivity index (χ4n) is 1.49. The molecule has 1 atom stereocenters. The Bertz CT molecular complexity index is 342. The van der Waals surface area contributed by atoms with E-state index in [2.05, 4.69) is 5.32 Å². The molecule has 0 aliphatic heterocycles. The molecule has 84 valence electrons. The quantitative estimate of drug-likeness (QED) is 0.804. The molecule has 0 heterocycles. The van der Waals surface area contributed by atoms with Crippen LogP contribution in [0.5, 0.6) is 0 Å². The van der Waals surface area contributed by atoms with E-state index >= 15 is 0 Å². The Morgan fingerprint density at radius 1 is 1.47 bits per heavy atom. The second-order valence-corrected chi connectivity index (χ2v) is 4.23. The van der Waals surface area contributed by atoms with Crippen LogP contribution in [0.2, 0.25) is 5.02 Å². The van der Waals surface area contributed by atoms with Gasteiger partial charge in [0.15, 0.2) is 0 Å². The van der Waals surface area contributed by atoms with Crippen LogP contribution in [0.3, 0.4) is 0 Å². The van der Waals surface area contributed by atoms with Gasteiger partial charge in [-0.05, 0) is 43.7 Å². The Hall–Kier alpha value is -0.310. The van der Waals surface area contributed by atoms with Crippen molar-refractivity contribution in [1.29, 1.82) is 0 Å². The highest BCUT2D eigenvalue weighted by molar-refractivity contribution is 6.31. The van der Waals surface area contributed by atoms with Gasteiger partial charge in [-0.25, -0.2) is 4.39 Å². The van der Waals surface area contributed by atoms with Crippen LogP contribution in [0.15, 0.2) is 12.1 Å². The van der Waals surface area contributed by atoms with E-state index in [1.54, 1.807) is 13.0 Å². The summed E-state index contributed by atoms with van der Waals surface area (Å²) >= 11 is 11.7. The average Bonchev–Trinajstić information content (AvgIpc) is 2.20. The molecule has 0 spiro atoms. The summed E-state index contributed by atoms with van der Waals surface area (Å²) in [5.74, 6) is 0.279. The Morgan fingerprint density at radius 2 is 2.13 bits per heavy atom. The summed E-state index contributed by atoms with van der Waals surface area (Å²) < 4.78 is 13.4. The van der Waals surface area contributed by atoms with Crippen molar-refractivity contribution >= 4 is 23.2 Å². The molecule has 1 unspecified atom stereocenters. The van der Waals surface area contributed by atoms with Gasteiger partial charge in [0.1, 0.15) is 5.82 Å². The highest BCUT2D eigenvalue weighted by Crippen LogP contribution is 2.27. The molecule has 1 aromatic rings. The standard InChI is InChI=1S/C11H14Cl2FN/c1-7-5-9(13)8(6-10(7)14)11(15-2)3-4-12/h5-6,11,15H,3-4H2,1-2H3. The van der Waals surface area contributed by atoms with E-state index < -0.39 is 0 Å². The number of nitrogens with one attached hydrogen (secondary N) is 1. The third-order valence-electron chi connectivity index (χ3n) is 2.40. The van der Waals surface area contributed by atoms with Gasteiger partial charge in [0, 0.05) is 16.9 Å². The molecule has 1 aromatic carbocycles. The number of aryl methyl sites for hydroxylation is 1. The van der Waals surface area contributed by atoms with Crippen molar-refractivity contribution in [2.24, 2.45) is 0 Å². The second kappa shape index (κ2) is 5.69. The zero-order valence-electron chi connectivity index (χ0n) is 8.78. The molecule has 1 rings (SSSR count). The van der Waals surface area contributed by atoms with E-state index in [0.717, 1.165) is 12.0 Å². The summed E-state index contributed by atoms with van der Waals surface area (Å²) in [5, 5.41) is 3.65. The first kappa shape index (κ1) is 12.8. The fourth-order valence-corrected chi connectivity index (χ4v) is 2.06. The zero-order chi connectivity index (χ0) is 11.4. The maximum Gasteiger partial charge on any atom is 0.126 e. The normalized spacial score (nSPS) is 12.9. The summed E-state index contributed by atoms with van der Waals surface area (Å²) in [6, 6.07) is 3.13. The minimum Gasteiger partial charge on any atom is -0.313 e. The molecule has 0 aliphatic carbocycles. The Kier molecular flexibility index (Phi) is 4.84. The predicted molar refractivity (Wildman–Crippen MR) is 63.3 cm³/mol. The lowest BCUT2D eigenvalue weighted by atomic mass is 10.0. The van der Waals surface area contributed by atoms with Crippen LogP contribution < -0.4 is 5.32 Å². The number of rotatable bonds is 4. The minimum absolute atomic E-state index is 0.00472. The molecule has 0 radical (unpaired) electrons. The number of hydrogen-bond acceptors (Lipinski definition) is 1. The monoisotopic (exact) mass is 249 g/mol. The minimum atomic E-state index is -0.232. The number of hydrogen-bond donors (Lipinski definition) is 1. The van der Waals surface area contributed by atoms with Gasteiger partial charge in [0.05, 0.1) is 0 Å². The molecule has 0 fully saturated rings. The molecule has 4 heteroatoms.